The summed E-state index contributed by atoms with van der Waals surface area (Å²) in [5.74, 6) is 0.966. The second kappa shape index (κ2) is 3.42. The summed E-state index contributed by atoms with van der Waals surface area (Å²) in [6.45, 7) is 2.65. The molecule has 0 bridgehead atoms. The first-order valence-electron chi connectivity index (χ1n) is 4.63. The molecule has 0 aliphatic rings. The van der Waals surface area contributed by atoms with Gasteiger partial charge in [0, 0.05) is 14.2 Å². The molecule has 0 atom stereocenters. The topological polar surface area (TPSA) is 27.1 Å². The summed E-state index contributed by atoms with van der Waals surface area (Å²) in [7, 11) is 3.70. The number of aryl methyl sites for hydroxylation is 2. The number of ether oxygens (including phenoxy) is 1. The number of rotatable bonds is 2. The van der Waals surface area contributed by atoms with Crippen molar-refractivity contribution in [2.24, 2.45) is 7.05 Å². The van der Waals surface area contributed by atoms with E-state index in [1.54, 1.807) is 7.11 Å². The van der Waals surface area contributed by atoms with Crippen LogP contribution in [0.1, 0.15) is 11.4 Å². The van der Waals surface area contributed by atoms with Gasteiger partial charge in [-0.15, -0.1) is 0 Å². The summed E-state index contributed by atoms with van der Waals surface area (Å²) in [6.07, 6.45) is 0. The van der Waals surface area contributed by atoms with Crippen LogP contribution in [0.5, 0.6) is 0 Å². The number of fused-ring (bicyclic) bond motifs is 1. The molecule has 0 N–H and O–H groups in total. The average Bonchev–Trinajstić information content (AvgIpc) is 2.46. The van der Waals surface area contributed by atoms with Crippen LogP contribution in [-0.2, 0) is 18.4 Å². The third kappa shape index (κ3) is 1.40. The number of imidazole rings is 1. The molecule has 1 aromatic heterocycles. The van der Waals surface area contributed by atoms with Gasteiger partial charge in [-0.2, -0.15) is 0 Å². The van der Waals surface area contributed by atoms with Gasteiger partial charge in [0.25, 0.3) is 0 Å². The summed E-state index contributed by atoms with van der Waals surface area (Å²) >= 11 is 0. The average molecular weight is 190 g/mol. The van der Waals surface area contributed by atoms with E-state index in [1.807, 2.05) is 13.1 Å². The Hall–Kier alpha value is -1.35. The van der Waals surface area contributed by atoms with E-state index in [1.165, 1.54) is 5.56 Å². The Balaban J connectivity index is 2.62. The summed E-state index contributed by atoms with van der Waals surface area (Å²) in [5.41, 5.74) is 3.45. The minimum absolute atomic E-state index is 0.560. The van der Waals surface area contributed by atoms with Crippen molar-refractivity contribution in [2.75, 3.05) is 7.11 Å². The molecular weight excluding hydrogens is 176 g/mol. The third-order valence-corrected chi connectivity index (χ3v) is 2.40. The maximum atomic E-state index is 5.09. The van der Waals surface area contributed by atoms with Crippen molar-refractivity contribution in [3.8, 4) is 0 Å². The van der Waals surface area contributed by atoms with Gasteiger partial charge in [-0.3, -0.25) is 0 Å². The molecule has 0 saturated heterocycles. The zero-order chi connectivity index (χ0) is 10.1. The minimum Gasteiger partial charge on any atom is -0.377 e. The van der Waals surface area contributed by atoms with Crippen LogP contribution in [0.25, 0.3) is 11.0 Å². The Morgan fingerprint density at radius 2 is 2.21 bits per heavy atom. The lowest BCUT2D eigenvalue weighted by atomic mass is 10.2. The Kier molecular flexibility index (Phi) is 2.25. The molecule has 1 heterocycles. The lowest BCUT2D eigenvalue weighted by Gasteiger charge is -2.00. The van der Waals surface area contributed by atoms with Crippen molar-refractivity contribution in [3.05, 3.63) is 29.6 Å². The monoisotopic (exact) mass is 190 g/mol. The molecule has 0 aliphatic carbocycles. The second-order valence-corrected chi connectivity index (χ2v) is 3.51. The SMILES string of the molecule is COCc1nc2ccc(C)cc2n1C. The Bertz CT molecular complexity index is 460. The molecule has 0 spiro atoms. The van der Waals surface area contributed by atoms with E-state index in [0.29, 0.717) is 6.61 Å². The van der Waals surface area contributed by atoms with Crippen LogP contribution in [0.3, 0.4) is 0 Å². The summed E-state index contributed by atoms with van der Waals surface area (Å²) < 4.78 is 7.16. The maximum absolute atomic E-state index is 5.09. The largest absolute Gasteiger partial charge is 0.377 e. The molecule has 0 fully saturated rings. The van der Waals surface area contributed by atoms with E-state index in [9.17, 15) is 0 Å². The molecule has 0 unspecified atom stereocenters. The van der Waals surface area contributed by atoms with Gasteiger partial charge in [0.1, 0.15) is 12.4 Å². The molecule has 74 valence electrons. The molecule has 3 heteroatoms. The fourth-order valence-corrected chi connectivity index (χ4v) is 1.61. The van der Waals surface area contributed by atoms with Gasteiger partial charge in [-0.1, -0.05) is 6.07 Å². The number of aromatic nitrogens is 2. The molecule has 14 heavy (non-hydrogen) atoms. The van der Waals surface area contributed by atoms with Crippen molar-refractivity contribution in [2.45, 2.75) is 13.5 Å². The summed E-state index contributed by atoms with van der Waals surface area (Å²) in [5, 5.41) is 0. The number of nitrogens with zero attached hydrogens (tertiary/aromatic N) is 2. The first kappa shape index (κ1) is 9.21. The predicted molar refractivity (Wildman–Crippen MR) is 56.2 cm³/mol. The highest BCUT2D eigenvalue weighted by Crippen LogP contribution is 2.16. The van der Waals surface area contributed by atoms with Gasteiger partial charge in [0.05, 0.1) is 11.0 Å². The smallest absolute Gasteiger partial charge is 0.135 e. The van der Waals surface area contributed by atoms with E-state index in [-0.39, 0.29) is 0 Å². The number of methoxy groups -OCH3 is 1. The van der Waals surface area contributed by atoms with Crippen LogP contribution in [0.2, 0.25) is 0 Å². The van der Waals surface area contributed by atoms with E-state index in [0.717, 1.165) is 16.9 Å². The van der Waals surface area contributed by atoms with Gasteiger partial charge < -0.3 is 9.30 Å². The molecule has 2 rings (SSSR count). The summed E-state index contributed by atoms with van der Waals surface area (Å²) in [4.78, 5) is 4.48. The van der Waals surface area contributed by atoms with E-state index in [4.69, 9.17) is 4.74 Å². The first-order valence-corrected chi connectivity index (χ1v) is 4.63. The van der Waals surface area contributed by atoms with Gasteiger partial charge in [0.15, 0.2) is 0 Å². The van der Waals surface area contributed by atoms with Crippen molar-refractivity contribution in [1.29, 1.82) is 0 Å². The first-order chi connectivity index (χ1) is 6.72. The van der Waals surface area contributed by atoms with Crippen LogP contribution in [0.15, 0.2) is 18.2 Å². The highest BCUT2D eigenvalue weighted by atomic mass is 16.5. The van der Waals surface area contributed by atoms with Crippen molar-refractivity contribution in [1.82, 2.24) is 9.55 Å². The van der Waals surface area contributed by atoms with Gasteiger partial charge in [0.2, 0.25) is 0 Å². The van der Waals surface area contributed by atoms with E-state index in [2.05, 4.69) is 28.6 Å². The summed E-state index contributed by atoms with van der Waals surface area (Å²) in [6, 6.07) is 6.26. The zero-order valence-corrected chi connectivity index (χ0v) is 8.74. The van der Waals surface area contributed by atoms with Gasteiger partial charge >= 0.3 is 0 Å². The van der Waals surface area contributed by atoms with Crippen LogP contribution in [0, 0.1) is 6.92 Å². The lowest BCUT2D eigenvalue weighted by molar-refractivity contribution is 0.176. The van der Waals surface area contributed by atoms with Gasteiger partial charge in [-0.25, -0.2) is 4.98 Å². The van der Waals surface area contributed by atoms with Crippen LogP contribution in [-0.4, -0.2) is 16.7 Å². The highest BCUT2D eigenvalue weighted by Gasteiger charge is 2.06. The molecule has 3 nitrogen and oxygen atoms in total. The van der Waals surface area contributed by atoms with Crippen LogP contribution in [0.4, 0.5) is 0 Å². The molecule has 1 aromatic carbocycles. The molecular formula is C11H14N2O. The standard InChI is InChI=1S/C11H14N2O/c1-8-4-5-9-10(6-8)13(2)11(12-9)7-14-3/h4-6H,7H2,1-3H3. The second-order valence-electron chi connectivity index (χ2n) is 3.51. The number of hydrogen-bond donors (Lipinski definition) is 0. The fraction of sp³-hybridized carbons (Fsp3) is 0.364. The lowest BCUT2D eigenvalue weighted by Crippen LogP contribution is -1.98. The number of hydrogen-bond acceptors (Lipinski definition) is 2. The molecule has 0 amide bonds. The van der Waals surface area contributed by atoms with Crippen molar-refractivity contribution in [3.63, 3.8) is 0 Å². The Morgan fingerprint density at radius 1 is 1.43 bits per heavy atom. The van der Waals surface area contributed by atoms with E-state index >= 15 is 0 Å². The minimum atomic E-state index is 0.560. The quantitative estimate of drug-likeness (QED) is 0.724. The Morgan fingerprint density at radius 3 is 2.93 bits per heavy atom. The molecule has 0 radical (unpaired) electrons. The fourth-order valence-electron chi connectivity index (χ4n) is 1.61. The van der Waals surface area contributed by atoms with Crippen molar-refractivity contribution < 1.29 is 4.74 Å². The third-order valence-electron chi connectivity index (χ3n) is 2.40. The normalized spacial score (nSPS) is 11.1. The molecule has 0 aliphatic heterocycles. The highest BCUT2D eigenvalue weighted by molar-refractivity contribution is 5.76. The van der Waals surface area contributed by atoms with E-state index < -0.39 is 0 Å². The molecule has 2 aromatic rings. The van der Waals surface area contributed by atoms with Crippen LogP contribution >= 0.6 is 0 Å². The Labute approximate surface area is 83.3 Å². The maximum Gasteiger partial charge on any atom is 0.135 e. The number of benzene rings is 1. The van der Waals surface area contributed by atoms with Crippen LogP contribution < -0.4 is 0 Å². The zero-order valence-electron chi connectivity index (χ0n) is 8.74. The molecule has 0 saturated carbocycles. The van der Waals surface area contributed by atoms with Gasteiger partial charge in [-0.05, 0) is 24.6 Å². The predicted octanol–water partition coefficient (Wildman–Crippen LogP) is 2.03. The van der Waals surface area contributed by atoms with Crippen molar-refractivity contribution >= 4 is 11.0 Å².